The Morgan fingerprint density at radius 3 is 2.57 bits per heavy atom. The predicted molar refractivity (Wildman–Crippen MR) is 118 cm³/mol. The molecule has 28 heavy (non-hydrogen) atoms. The number of amides is 1. The highest BCUT2D eigenvalue weighted by atomic mass is 79.9. The lowest BCUT2D eigenvalue weighted by molar-refractivity contribution is 0.0984. The number of fused-ring (bicyclic) bond motifs is 1. The van der Waals surface area contributed by atoms with E-state index in [1.165, 1.54) is 11.3 Å². The van der Waals surface area contributed by atoms with Crippen LogP contribution >= 0.6 is 27.3 Å². The van der Waals surface area contributed by atoms with E-state index in [9.17, 15) is 4.79 Å². The van der Waals surface area contributed by atoms with E-state index in [-0.39, 0.29) is 5.91 Å². The van der Waals surface area contributed by atoms with Crippen LogP contribution in [0, 0.1) is 13.8 Å². The number of benzene rings is 2. The zero-order chi connectivity index (χ0) is 19.7. The third-order valence-electron chi connectivity index (χ3n) is 4.33. The van der Waals surface area contributed by atoms with Gasteiger partial charge in [-0.2, -0.15) is 0 Å². The summed E-state index contributed by atoms with van der Waals surface area (Å²) in [5.41, 5.74) is 4.49. The standard InChI is InChI=1S/C22H18BrN3OS/c1-14-9-15(2)11-16(10-14)21(27)26(13-18-5-3-4-8-24-18)22-25-19-7-6-17(23)12-20(19)28-22/h3-12H,13H2,1-2H3. The molecule has 140 valence electrons. The van der Waals surface area contributed by atoms with E-state index in [2.05, 4.69) is 27.0 Å². The van der Waals surface area contributed by atoms with Crippen molar-refractivity contribution in [2.75, 3.05) is 4.90 Å². The van der Waals surface area contributed by atoms with Gasteiger partial charge in [-0.1, -0.05) is 50.5 Å². The number of carbonyl (C=O) groups excluding carboxylic acids is 1. The van der Waals surface area contributed by atoms with Crippen LogP contribution in [0.25, 0.3) is 10.2 Å². The van der Waals surface area contributed by atoms with Crippen molar-refractivity contribution in [1.29, 1.82) is 0 Å². The minimum Gasteiger partial charge on any atom is -0.278 e. The number of anilines is 1. The van der Waals surface area contributed by atoms with Gasteiger partial charge in [0.25, 0.3) is 5.91 Å². The Morgan fingerprint density at radius 1 is 1.07 bits per heavy atom. The minimum absolute atomic E-state index is 0.0735. The van der Waals surface area contributed by atoms with Gasteiger partial charge in [0, 0.05) is 16.2 Å². The van der Waals surface area contributed by atoms with Gasteiger partial charge in [0.1, 0.15) is 0 Å². The highest BCUT2D eigenvalue weighted by molar-refractivity contribution is 9.10. The smallest absolute Gasteiger partial charge is 0.260 e. The van der Waals surface area contributed by atoms with Gasteiger partial charge in [-0.25, -0.2) is 4.98 Å². The first-order valence-corrected chi connectivity index (χ1v) is 10.5. The van der Waals surface area contributed by atoms with Crippen LogP contribution in [0.3, 0.4) is 0 Å². The molecule has 0 N–H and O–H groups in total. The van der Waals surface area contributed by atoms with E-state index in [0.717, 1.165) is 31.5 Å². The van der Waals surface area contributed by atoms with Gasteiger partial charge in [0.2, 0.25) is 0 Å². The van der Waals surface area contributed by atoms with Gasteiger partial charge in [-0.15, -0.1) is 0 Å². The molecule has 2 aromatic heterocycles. The second-order valence-electron chi connectivity index (χ2n) is 6.70. The summed E-state index contributed by atoms with van der Waals surface area (Å²) in [5.74, 6) is -0.0735. The molecule has 6 heteroatoms. The van der Waals surface area contributed by atoms with Crippen LogP contribution in [0.2, 0.25) is 0 Å². The molecule has 4 nitrogen and oxygen atoms in total. The fraction of sp³-hybridized carbons (Fsp3) is 0.136. The number of rotatable bonds is 4. The van der Waals surface area contributed by atoms with Crippen molar-refractivity contribution in [3.8, 4) is 0 Å². The molecule has 0 aliphatic rings. The Labute approximate surface area is 176 Å². The van der Waals surface area contributed by atoms with Crippen LogP contribution < -0.4 is 4.90 Å². The van der Waals surface area contributed by atoms with Gasteiger partial charge < -0.3 is 0 Å². The number of halogens is 1. The molecule has 2 aromatic carbocycles. The summed E-state index contributed by atoms with van der Waals surface area (Å²) >= 11 is 5.01. The van der Waals surface area contributed by atoms with E-state index < -0.39 is 0 Å². The van der Waals surface area contributed by atoms with Gasteiger partial charge in [-0.3, -0.25) is 14.7 Å². The van der Waals surface area contributed by atoms with Gasteiger partial charge in [0.05, 0.1) is 22.5 Å². The molecule has 0 saturated carbocycles. The zero-order valence-corrected chi connectivity index (χ0v) is 17.9. The average molecular weight is 452 g/mol. The first-order valence-electron chi connectivity index (χ1n) is 8.86. The molecule has 0 aliphatic heterocycles. The van der Waals surface area contributed by atoms with Crippen LogP contribution in [0.5, 0.6) is 0 Å². The number of aryl methyl sites for hydroxylation is 2. The Bertz CT molecular complexity index is 1140. The first kappa shape index (κ1) is 18.8. The van der Waals surface area contributed by atoms with Crippen molar-refractivity contribution >= 4 is 48.5 Å². The Balaban J connectivity index is 1.79. The third-order valence-corrected chi connectivity index (χ3v) is 5.86. The zero-order valence-electron chi connectivity index (χ0n) is 15.5. The highest BCUT2D eigenvalue weighted by Gasteiger charge is 2.22. The number of thiazole rings is 1. The number of aromatic nitrogens is 2. The quantitative estimate of drug-likeness (QED) is 0.386. The summed E-state index contributed by atoms with van der Waals surface area (Å²) in [5, 5.41) is 0.669. The molecule has 1 amide bonds. The molecule has 0 unspecified atom stereocenters. The lowest BCUT2D eigenvalue weighted by Gasteiger charge is -2.20. The number of carbonyl (C=O) groups is 1. The summed E-state index contributed by atoms with van der Waals surface area (Å²) in [6.07, 6.45) is 1.74. The third kappa shape index (κ3) is 3.98. The average Bonchev–Trinajstić information content (AvgIpc) is 3.08. The molecule has 0 bridgehead atoms. The summed E-state index contributed by atoms with van der Waals surface area (Å²) in [7, 11) is 0. The maximum Gasteiger partial charge on any atom is 0.260 e. The Hall–Kier alpha value is -2.57. The fourth-order valence-corrected chi connectivity index (χ4v) is 4.65. The van der Waals surface area contributed by atoms with Gasteiger partial charge >= 0.3 is 0 Å². The fourth-order valence-electron chi connectivity index (χ4n) is 3.14. The molecule has 0 radical (unpaired) electrons. The van der Waals surface area contributed by atoms with E-state index >= 15 is 0 Å². The van der Waals surface area contributed by atoms with Crippen LogP contribution in [-0.4, -0.2) is 15.9 Å². The molecule has 4 aromatic rings. The molecule has 2 heterocycles. The molecule has 0 saturated heterocycles. The van der Waals surface area contributed by atoms with Gasteiger partial charge in [0.15, 0.2) is 5.13 Å². The SMILES string of the molecule is Cc1cc(C)cc(C(=O)N(Cc2ccccn2)c2nc3ccc(Br)cc3s2)c1. The molecule has 0 atom stereocenters. The van der Waals surface area contributed by atoms with Crippen LogP contribution in [-0.2, 0) is 6.54 Å². The van der Waals surface area contributed by atoms with Crippen LogP contribution in [0.1, 0.15) is 27.2 Å². The number of nitrogens with zero attached hydrogens (tertiary/aromatic N) is 3. The number of pyridine rings is 1. The topological polar surface area (TPSA) is 46.1 Å². The van der Waals surface area contributed by atoms with Crippen LogP contribution in [0.4, 0.5) is 5.13 Å². The Kier molecular flexibility index (Phi) is 5.24. The summed E-state index contributed by atoms with van der Waals surface area (Å²) in [4.78, 5) is 24.3. The van der Waals surface area contributed by atoms with E-state index in [0.29, 0.717) is 17.2 Å². The van der Waals surface area contributed by atoms with Crippen molar-refractivity contribution < 1.29 is 4.79 Å². The molecule has 0 spiro atoms. The number of hydrogen-bond donors (Lipinski definition) is 0. The molecular formula is C22H18BrN3OS. The summed E-state index contributed by atoms with van der Waals surface area (Å²) in [6, 6.07) is 17.6. The lowest BCUT2D eigenvalue weighted by atomic mass is 10.1. The maximum absolute atomic E-state index is 13.5. The largest absolute Gasteiger partial charge is 0.278 e. The van der Waals surface area contributed by atoms with Crippen molar-refractivity contribution in [3.05, 3.63) is 87.7 Å². The lowest BCUT2D eigenvalue weighted by Crippen LogP contribution is -2.30. The first-order chi connectivity index (χ1) is 13.5. The van der Waals surface area contributed by atoms with Crippen LogP contribution in [0.15, 0.2) is 65.3 Å². The second kappa shape index (κ2) is 7.81. The predicted octanol–water partition coefficient (Wildman–Crippen LogP) is 5.92. The van der Waals surface area contributed by atoms with Crippen molar-refractivity contribution in [1.82, 2.24) is 9.97 Å². The summed E-state index contributed by atoms with van der Waals surface area (Å²) < 4.78 is 2.02. The molecule has 0 fully saturated rings. The molecule has 4 rings (SSSR count). The molecular weight excluding hydrogens is 434 g/mol. The molecule has 0 aliphatic carbocycles. The van der Waals surface area contributed by atoms with Crippen molar-refractivity contribution in [3.63, 3.8) is 0 Å². The second-order valence-corrected chi connectivity index (χ2v) is 8.62. The summed E-state index contributed by atoms with van der Waals surface area (Å²) in [6.45, 7) is 4.37. The van der Waals surface area contributed by atoms with E-state index in [1.54, 1.807) is 11.1 Å². The van der Waals surface area contributed by atoms with E-state index in [1.807, 2.05) is 62.4 Å². The monoisotopic (exact) mass is 451 g/mol. The minimum atomic E-state index is -0.0735. The van der Waals surface area contributed by atoms with Crippen molar-refractivity contribution in [2.24, 2.45) is 0 Å². The highest BCUT2D eigenvalue weighted by Crippen LogP contribution is 2.32. The normalized spacial score (nSPS) is 11.0. The van der Waals surface area contributed by atoms with Crippen molar-refractivity contribution in [2.45, 2.75) is 20.4 Å². The van der Waals surface area contributed by atoms with E-state index in [4.69, 9.17) is 4.98 Å². The van der Waals surface area contributed by atoms with Gasteiger partial charge in [-0.05, 0) is 56.3 Å². The Morgan fingerprint density at radius 2 is 1.86 bits per heavy atom. The maximum atomic E-state index is 13.5. The number of hydrogen-bond acceptors (Lipinski definition) is 4.